The molecule has 1 aliphatic carbocycles. The maximum Gasteiger partial charge on any atom is 0.333 e. The average Bonchev–Trinajstić information content (AvgIpc) is 3.99. The molecule has 8 aromatic carbocycles. The molecule has 2 aromatic heterocycles. The number of fused-ring (bicyclic) bond motifs is 12. The lowest BCUT2D eigenvalue weighted by atomic mass is 9.42. The van der Waals surface area contributed by atoms with Crippen molar-refractivity contribution in [2.45, 2.75) is 71.6 Å². The zero-order valence-corrected chi connectivity index (χ0v) is 38.9. The Bertz CT molecular complexity index is 3650. The van der Waals surface area contributed by atoms with Gasteiger partial charge in [-0.05, 0) is 127 Å². The highest BCUT2D eigenvalue weighted by molar-refractivity contribution is 6.94. The first-order valence-electron chi connectivity index (χ1n) is 23.4. The third-order valence-electron chi connectivity index (χ3n) is 15.0. The molecular formula is C61H51BN2O2. The van der Waals surface area contributed by atoms with Crippen LogP contribution in [0, 0.1) is 0 Å². The zero-order valence-electron chi connectivity index (χ0n) is 38.9. The molecule has 320 valence electrons. The molecule has 0 saturated carbocycles. The van der Waals surface area contributed by atoms with Crippen LogP contribution in [0.5, 0.6) is 0 Å². The number of hydrogen-bond acceptors (Lipinski definition) is 4. The molecule has 0 N–H and O–H groups in total. The van der Waals surface area contributed by atoms with E-state index in [1.165, 1.54) is 72.2 Å². The van der Waals surface area contributed by atoms with E-state index < -0.39 is 0 Å². The Hall–Kier alpha value is -7.24. The summed E-state index contributed by atoms with van der Waals surface area (Å²) in [5.74, 6) is 0. The number of rotatable bonds is 3. The first kappa shape index (κ1) is 39.2. The molecule has 0 fully saturated rings. The van der Waals surface area contributed by atoms with Crippen LogP contribution in [0.15, 0.2) is 173 Å². The van der Waals surface area contributed by atoms with Crippen molar-refractivity contribution < 1.29 is 8.83 Å². The van der Waals surface area contributed by atoms with E-state index in [2.05, 4.69) is 223 Å². The van der Waals surface area contributed by atoms with Crippen LogP contribution < -0.4 is 20.6 Å². The second kappa shape index (κ2) is 13.4. The van der Waals surface area contributed by atoms with E-state index in [0.29, 0.717) is 0 Å². The Kier molecular flexibility index (Phi) is 7.96. The fraction of sp³-hybridized carbons (Fsp3) is 0.180. The van der Waals surface area contributed by atoms with Gasteiger partial charge in [0.1, 0.15) is 16.7 Å². The number of anilines is 5. The highest BCUT2D eigenvalue weighted by atomic mass is 16.3. The number of para-hydroxylation sites is 1. The van der Waals surface area contributed by atoms with Crippen molar-refractivity contribution in [2.75, 3.05) is 9.71 Å². The minimum atomic E-state index is -0.321. The van der Waals surface area contributed by atoms with E-state index in [9.17, 15) is 0 Å². The molecule has 5 heteroatoms. The van der Waals surface area contributed by atoms with E-state index in [0.717, 1.165) is 55.7 Å². The predicted octanol–water partition coefficient (Wildman–Crippen LogP) is 15.6. The van der Waals surface area contributed by atoms with Crippen molar-refractivity contribution in [3.63, 3.8) is 0 Å². The summed E-state index contributed by atoms with van der Waals surface area (Å²) in [4.78, 5) is 5.25. The summed E-state index contributed by atoms with van der Waals surface area (Å²) in [6.45, 7) is 18.5. The van der Waals surface area contributed by atoms with Gasteiger partial charge in [0.2, 0.25) is 0 Å². The Balaban J connectivity index is 1.23. The van der Waals surface area contributed by atoms with Gasteiger partial charge in [-0.2, -0.15) is 0 Å². The van der Waals surface area contributed by atoms with E-state index in [4.69, 9.17) is 8.83 Å². The molecule has 13 rings (SSSR count). The molecule has 0 bridgehead atoms. The van der Waals surface area contributed by atoms with Crippen molar-refractivity contribution in [1.82, 2.24) is 0 Å². The van der Waals surface area contributed by atoms with E-state index in [1.807, 2.05) is 6.26 Å². The lowest BCUT2D eigenvalue weighted by Gasteiger charge is -2.47. The molecule has 0 radical (unpaired) electrons. The second-order valence-corrected chi connectivity index (χ2v) is 21.4. The maximum absolute atomic E-state index is 6.74. The molecule has 4 nitrogen and oxygen atoms in total. The van der Waals surface area contributed by atoms with E-state index >= 15 is 0 Å². The summed E-state index contributed by atoms with van der Waals surface area (Å²) in [5.41, 5.74) is 23.3. The van der Waals surface area contributed by atoms with Crippen LogP contribution in [-0.2, 0) is 16.2 Å². The lowest BCUT2D eigenvalue weighted by molar-refractivity contribution is 0.590. The Labute approximate surface area is 387 Å². The molecule has 0 spiro atoms. The minimum absolute atomic E-state index is 0.00151. The van der Waals surface area contributed by atoms with Crippen molar-refractivity contribution in [3.8, 4) is 33.4 Å². The van der Waals surface area contributed by atoms with Crippen LogP contribution in [0.3, 0.4) is 0 Å². The molecule has 4 heterocycles. The van der Waals surface area contributed by atoms with Gasteiger partial charge >= 0.3 is 6.85 Å². The van der Waals surface area contributed by atoms with Crippen LogP contribution in [0.1, 0.15) is 77.6 Å². The van der Waals surface area contributed by atoms with Crippen LogP contribution in [0.4, 0.5) is 28.4 Å². The molecule has 10 aromatic rings. The monoisotopic (exact) mass is 854 g/mol. The first-order chi connectivity index (χ1) is 31.8. The quantitative estimate of drug-likeness (QED) is 0.166. The van der Waals surface area contributed by atoms with Gasteiger partial charge < -0.3 is 18.5 Å². The van der Waals surface area contributed by atoms with Gasteiger partial charge in [-0.3, -0.25) is 0 Å². The number of furan rings is 2. The minimum Gasteiger partial charge on any atom is -0.464 e. The molecule has 0 amide bonds. The SMILES string of the molecule is CC(C)(C)c1ccc(N2B3c4cc5occc5cc4N(c4ccc(C(C)(C)C)cc4-c4ccccc4)c4c3c(cc3c4C(C)(C)c4ccccc4-3)-c3cc4c(cc32)oc2ccccc24)cc1. The van der Waals surface area contributed by atoms with Crippen LogP contribution >= 0.6 is 0 Å². The van der Waals surface area contributed by atoms with Gasteiger partial charge in [0, 0.05) is 61.5 Å². The molecule has 3 aliphatic rings. The van der Waals surface area contributed by atoms with Gasteiger partial charge in [-0.1, -0.05) is 146 Å². The molecule has 0 saturated heterocycles. The summed E-state index contributed by atoms with van der Waals surface area (Å²) < 4.78 is 13.1. The summed E-state index contributed by atoms with van der Waals surface area (Å²) in [6.07, 6.45) is 1.83. The number of nitrogens with zero attached hydrogens (tertiary/aromatic N) is 2. The first-order valence-corrected chi connectivity index (χ1v) is 23.4. The summed E-state index contributed by atoms with van der Waals surface area (Å²) in [6, 6.07) is 59.2. The van der Waals surface area contributed by atoms with Gasteiger partial charge in [0.05, 0.1) is 12.0 Å². The fourth-order valence-electron chi connectivity index (χ4n) is 11.7. The predicted molar refractivity (Wildman–Crippen MR) is 278 cm³/mol. The normalized spacial score (nSPS) is 14.7. The lowest BCUT2D eigenvalue weighted by Crippen LogP contribution is -2.62. The summed E-state index contributed by atoms with van der Waals surface area (Å²) >= 11 is 0. The Morgan fingerprint density at radius 2 is 1.24 bits per heavy atom. The second-order valence-electron chi connectivity index (χ2n) is 21.4. The summed E-state index contributed by atoms with van der Waals surface area (Å²) in [7, 11) is 0. The smallest absolute Gasteiger partial charge is 0.333 e. The van der Waals surface area contributed by atoms with E-state index in [1.54, 1.807) is 0 Å². The van der Waals surface area contributed by atoms with Crippen LogP contribution in [0.2, 0.25) is 0 Å². The maximum atomic E-state index is 6.74. The standard InChI is InChI=1S/C61H51BN2O2/c1-59(2,3)38-22-25-40(26-23-38)64-51-35-55-45(42-19-13-15-21-53(42)66-55)32-44(51)47-33-46-41-18-12-14-20-48(41)61(7,8)56(46)58-57(47)62(64)49-34-54-37(28-29-65-54)30-52(49)63(58)50-27-24-39(60(4,5)6)31-43(50)36-16-10-9-11-17-36/h9-35H,1-8H3. The third kappa shape index (κ3) is 5.46. The molecule has 0 unspecified atom stereocenters. The highest BCUT2D eigenvalue weighted by Gasteiger charge is 2.51. The molecule has 66 heavy (non-hydrogen) atoms. The van der Waals surface area contributed by atoms with Crippen molar-refractivity contribution >= 4 is 79.1 Å². The molecule has 2 aliphatic heterocycles. The van der Waals surface area contributed by atoms with Gasteiger partial charge in [0.25, 0.3) is 0 Å². The fourth-order valence-corrected chi connectivity index (χ4v) is 11.7. The number of hydrogen-bond donors (Lipinski definition) is 0. The Morgan fingerprint density at radius 3 is 2.03 bits per heavy atom. The van der Waals surface area contributed by atoms with Crippen molar-refractivity contribution in [1.29, 1.82) is 0 Å². The van der Waals surface area contributed by atoms with Crippen molar-refractivity contribution in [3.05, 3.63) is 186 Å². The largest absolute Gasteiger partial charge is 0.464 e. The van der Waals surface area contributed by atoms with Gasteiger partial charge in [0.15, 0.2) is 0 Å². The number of benzene rings is 8. The van der Waals surface area contributed by atoms with Crippen LogP contribution in [-0.4, -0.2) is 6.85 Å². The summed E-state index contributed by atoms with van der Waals surface area (Å²) in [5, 5.41) is 3.32. The van der Waals surface area contributed by atoms with Crippen LogP contribution in [0.25, 0.3) is 66.3 Å². The van der Waals surface area contributed by atoms with Gasteiger partial charge in [-0.15, -0.1) is 0 Å². The zero-order chi connectivity index (χ0) is 45.0. The average molecular weight is 855 g/mol. The molecule has 0 atom stereocenters. The highest BCUT2D eigenvalue weighted by Crippen LogP contribution is 2.59. The Morgan fingerprint density at radius 1 is 0.515 bits per heavy atom. The molecular weight excluding hydrogens is 803 g/mol. The van der Waals surface area contributed by atoms with Crippen molar-refractivity contribution in [2.24, 2.45) is 0 Å². The topological polar surface area (TPSA) is 32.8 Å². The third-order valence-corrected chi connectivity index (χ3v) is 15.0. The van der Waals surface area contributed by atoms with E-state index in [-0.39, 0.29) is 23.1 Å². The van der Waals surface area contributed by atoms with Gasteiger partial charge in [-0.25, -0.2) is 0 Å².